The van der Waals surface area contributed by atoms with Gasteiger partial charge >= 0.3 is 7.12 Å². The largest absolute Gasteiger partial charge is 0.487 e. The molecule has 1 fully saturated rings. The normalized spacial score (nSPS) is 21.1. The van der Waals surface area contributed by atoms with Crippen LogP contribution in [0.4, 0.5) is 8.78 Å². The van der Waals surface area contributed by atoms with Gasteiger partial charge in [0.25, 0.3) is 6.43 Å². The fourth-order valence-corrected chi connectivity index (χ4v) is 1.85. The standard InChI is InChI=1S/C14H18BF2NO2/c1-13(2)14(3,4)20-15(19-13)7-5-10-6-8-18-11(9-10)12(16)17/h5-9,12H,1-4H3/b7-5+. The van der Waals surface area contributed by atoms with Crippen LogP contribution in [-0.2, 0) is 9.31 Å². The number of alkyl halides is 2. The Bertz CT molecular complexity index is 502. The number of nitrogens with zero attached hydrogens (tertiary/aromatic N) is 1. The molecule has 3 nitrogen and oxygen atoms in total. The highest BCUT2D eigenvalue weighted by atomic mass is 19.3. The number of rotatable bonds is 3. The molecule has 0 aliphatic carbocycles. The number of pyridine rings is 1. The van der Waals surface area contributed by atoms with Gasteiger partial charge < -0.3 is 9.31 Å². The van der Waals surface area contributed by atoms with E-state index in [-0.39, 0.29) is 5.69 Å². The van der Waals surface area contributed by atoms with E-state index in [4.69, 9.17) is 9.31 Å². The molecule has 0 spiro atoms. The van der Waals surface area contributed by atoms with Crippen LogP contribution in [0.1, 0.15) is 45.4 Å². The molecule has 0 N–H and O–H groups in total. The molecule has 20 heavy (non-hydrogen) atoms. The second-order valence-electron chi connectivity index (χ2n) is 5.80. The lowest BCUT2D eigenvalue weighted by molar-refractivity contribution is 0.00578. The highest BCUT2D eigenvalue weighted by Gasteiger charge is 2.49. The van der Waals surface area contributed by atoms with E-state index in [1.54, 1.807) is 18.1 Å². The lowest BCUT2D eigenvalue weighted by atomic mass is 9.89. The Morgan fingerprint density at radius 3 is 2.35 bits per heavy atom. The van der Waals surface area contributed by atoms with Crippen molar-refractivity contribution in [1.82, 2.24) is 4.98 Å². The maximum Gasteiger partial charge on any atom is 0.487 e. The smallest absolute Gasteiger partial charge is 0.400 e. The zero-order valence-electron chi connectivity index (χ0n) is 12.1. The number of halogens is 2. The SMILES string of the molecule is CC1(C)OB(/C=C/c2ccnc(C(F)F)c2)OC1(C)C. The number of hydrogen-bond donors (Lipinski definition) is 0. The molecule has 0 amide bonds. The predicted octanol–water partition coefficient (Wildman–Crippen LogP) is 3.66. The van der Waals surface area contributed by atoms with E-state index < -0.39 is 24.7 Å². The van der Waals surface area contributed by atoms with Crippen LogP contribution in [0.25, 0.3) is 6.08 Å². The molecular weight excluding hydrogens is 263 g/mol. The monoisotopic (exact) mass is 281 g/mol. The van der Waals surface area contributed by atoms with Crippen LogP contribution in [0.5, 0.6) is 0 Å². The summed E-state index contributed by atoms with van der Waals surface area (Å²) in [6.07, 6.45) is 0.501. The molecule has 0 atom stereocenters. The van der Waals surface area contributed by atoms with Crippen molar-refractivity contribution in [2.75, 3.05) is 0 Å². The summed E-state index contributed by atoms with van der Waals surface area (Å²) in [5.74, 6) is 1.72. The van der Waals surface area contributed by atoms with Crippen LogP contribution in [0.2, 0.25) is 0 Å². The van der Waals surface area contributed by atoms with Gasteiger partial charge in [0.1, 0.15) is 5.69 Å². The Morgan fingerprint density at radius 2 is 1.80 bits per heavy atom. The molecule has 6 heteroatoms. The molecule has 2 rings (SSSR count). The summed E-state index contributed by atoms with van der Waals surface area (Å²) in [5.41, 5.74) is -0.408. The van der Waals surface area contributed by atoms with Gasteiger partial charge in [-0.2, -0.15) is 0 Å². The van der Waals surface area contributed by atoms with Crippen molar-refractivity contribution in [1.29, 1.82) is 0 Å². The quantitative estimate of drug-likeness (QED) is 0.792. The number of hydrogen-bond acceptors (Lipinski definition) is 3. The van der Waals surface area contributed by atoms with E-state index >= 15 is 0 Å². The molecular formula is C14H18BF2NO2. The van der Waals surface area contributed by atoms with E-state index in [0.717, 1.165) is 0 Å². The third-order valence-corrected chi connectivity index (χ3v) is 3.75. The maximum absolute atomic E-state index is 12.6. The molecule has 108 valence electrons. The van der Waals surface area contributed by atoms with Gasteiger partial charge in [-0.15, -0.1) is 0 Å². The van der Waals surface area contributed by atoms with E-state index in [9.17, 15) is 8.78 Å². The first-order chi connectivity index (χ1) is 9.21. The molecule has 0 saturated carbocycles. The zero-order chi connectivity index (χ0) is 15.0. The van der Waals surface area contributed by atoms with E-state index in [0.29, 0.717) is 5.56 Å². The summed E-state index contributed by atoms with van der Waals surface area (Å²) in [5, 5.41) is 0. The van der Waals surface area contributed by atoms with Crippen LogP contribution < -0.4 is 0 Å². The van der Waals surface area contributed by atoms with Gasteiger partial charge in [-0.25, -0.2) is 8.78 Å². The lowest BCUT2D eigenvalue weighted by Crippen LogP contribution is -2.41. The highest BCUT2D eigenvalue weighted by Crippen LogP contribution is 2.37. The number of aromatic nitrogens is 1. The van der Waals surface area contributed by atoms with Crippen LogP contribution in [0.15, 0.2) is 24.3 Å². The Morgan fingerprint density at radius 1 is 1.20 bits per heavy atom. The van der Waals surface area contributed by atoms with Gasteiger partial charge in [-0.05, 0) is 45.4 Å². The summed E-state index contributed by atoms with van der Waals surface area (Å²) >= 11 is 0. The first-order valence-corrected chi connectivity index (χ1v) is 6.49. The Hall–Kier alpha value is -1.27. The molecule has 0 aromatic carbocycles. The first kappa shape index (κ1) is 15.1. The van der Waals surface area contributed by atoms with E-state index in [2.05, 4.69) is 4.98 Å². The molecule has 1 aliphatic rings. The van der Waals surface area contributed by atoms with Crippen molar-refractivity contribution >= 4 is 13.2 Å². The molecule has 1 aromatic rings. The van der Waals surface area contributed by atoms with Crippen LogP contribution in [0.3, 0.4) is 0 Å². The topological polar surface area (TPSA) is 31.4 Å². The van der Waals surface area contributed by atoms with Gasteiger partial charge in [-0.1, -0.05) is 12.1 Å². The average molecular weight is 281 g/mol. The molecule has 1 aliphatic heterocycles. The summed E-state index contributed by atoms with van der Waals surface area (Å²) in [7, 11) is -0.483. The molecule has 1 saturated heterocycles. The lowest BCUT2D eigenvalue weighted by Gasteiger charge is -2.32. The summed E-state index contributed by atoms with van der Waals surface area (Å²) in [4.78, 5) is 3.62. The molecule has 0 unspecified atom stereocenters. The summed E-state index contributed by atoms with van der Waals surface area (Å²) in [6, 6.07) is 3.01. The minimum atomic E-state index is -2.57. The molecule has 0 radical (unpaired) electrons. The zero-order valence-corrected chi connectivity index (χ0v) is 12.1. The van der Waals surface area contributed by atoms with Gasteiger partial charge in [0, 0.05) is 6.20 Å². The van der Waals surface area contributed by atoms with Crippen molar-refractivity contribution in [3.63, 3.8) is 0 Å². The summed E-state index contributed by atoms with van der Waals surface area (Å²) in [6.45, 7) is 7.84. The van der Waals surface area contributed by atoms with Gasteiger partial charge in [0.2, 0.25) is 0 Å². The minimum absolute atomic E-state index is 0.235. The molecule has 1 aromatic heterocycles. The Kier molecular flexibility index (Phi) is 3.98. The van der Waals surface area contributed by atoms with Crippen molar-refractivity contribution in [3.05, 3.63) is 35.6 Å². The third-order valence-electron chi connectivity index (χ3n) is 3.75. The van der Waals surface area contributed by atoms with Crippen LogP contribution in [0, 0.1) is 0 Å². The van der Waals surface area contributed by atoms with Gasteiger partial charge in [-0.3, -0.25) is 4.98 Å². The van der Waals surface area contributed by atoms with Crippen molar-refractivity contribution in [3.8, 4) is 0 Å². The van der Waals surface area contributed by atoms with Gasteiger partial charge in [0.05, 0.1) is 11.2 Å². The Labute approximate surface area is 118 Å². The molecule has 2 heterocycles. The highest BCUT2D eigenvalue weighted by molar-refractivity contribution is 6.52. The van der Waals surface area contributed by atoms with Crippen molar-refractivity contribution in [2.45, 2.75) is 45.3 Å². The minimum Gasteiger partial charge on any atom is -0.400 e. The van der Waals surface area contributed by atoms with Gasteiger partial charge in [0.15, 0.2) is 0 Å². The fourth-order valence-electron chi connectivity index (χ4n) is 1.85. The average Bonchev–Trinajstić information content (AvgIpc) is 2.56. The Balaban J connectivity index is 2.10. The van der Waals surface area contributed by atoms with E-state index in [1.807, 2.05) is 27.7 Å². The maximum atomic E-state index is 12.6. The third kappa shape index (κ3) is 3.07. The summed E-state index contributed by atoms with van der Waals surface area (Å²) < 4.78 is 36.7. The van der Waals surface area contributed by atoms with E-state index in [1.165, 1.54) is 12.3 Å². The first-order valence-electron chi connectivity index (χ1n) is 6.49. The van der Waals surface area contributed by atoms with Crippen molar-refractivity contribution < 1.29 is 18.1 Å². The fraction of sp³-hybridized carbons (Fsp3) is 0.500. The second-order valence-corrected chi connectivity index (χ2v) is 5.80. The molecule has 0 bridgehead atoms. The van der Waals surface area contributed by atoms with Crippen molar-refractivity contribution in [2.24, 2.45) is 0 Å². The van der Waals surface area contributed by atoms with Crippen LogP contribution in [-0.4, -0.2) is 23.3 Å². The second kappa shape index (κ2) is 5.26. The van der Waals surface area contributed by atoms with Crippen LogP contribution >= 0.6 is 0 Å². The predicted molar refractivity (Wildman–Crippen MR) is 74.3 cm³/mol.